The molecule has 1 atom stereocenters. The van der Waals surface area contributed by atoms with Crippen molar-refractivity contribution in [3.8, 4) is 0 Å². The summed E-state index contributed by atoms with van der Waals surface area (Å²) in [5.41, 5.74) is 0.114. The molecule has 0 N–H and O–H groups in total. The minimum absolute atomic E-state index is 0.0184. The van der Waals surface area contributed by atoms with Crippen molar-refractivity contribution in [2.75, 3.05) is 19.8 Å². The molecule has 1 saturated heterocycles. The smallest absolute Gasteiger partial charge is 0.308 e. The highest BCUT2D eigenvalue weighted by Gasteiger charge is 2.38. The monoisotopic (exact) mass is 200 g/mol. The van der Waals surface area contributed by atoms with Gasteiger partial charge in [0.1, 0.15) is 6.61 Å². The summed E-state index contributed by atoms with van der Waals surface area (Å²) in [5, 5.41) is 0. The lowest BCUT2D eigenvalue weighted by molar-refractivity contribution is -0.173. The summed E-state index contributed by atoms with van der Waals surface area (Å²) in [7, 11) is 0. The van der Waals surface area contributed by atoms with Crippen molar-refractivity contribution in [1.82, 2.24) is 0 Å². The molecule has 3 nitrogen and oxygen atoms in total. The van der Waals surface area contributed by atoms with Gasteiger partial charge in [-0.2, -0.15) is 0 Å². The van der Waals surface area contributed by atoms with Gasteiger partial charge in [-0.1, -0.05) is 20.8 Å². The second kappa shape index (κ2) is 4.78. The summed E-state index contributed by atoms with van der Waals surface area (Å²) < 4.78 is 10.4. The quantitative estimate of drug-likeness (QED) is 0.637. The average Bonchev–Trinajstić information content (AvgIpc) is 2.15. The van der Waals surface area contributed by atoms with Crippen molar-refractivity contribution in [3.63, 3.8) is 0 Å². The predicted molar refractivity (Wildman–Crippen MR) is 54.0 cm³/mol. The van der Waals surface area contributed by atoms with Crippen LogP contribution < -0.4 is 0 Å². The van der Waals surface area contributed by atoms with E-state index in [1.54, 1.807) is 0 Å². The standard InChI is InChI=1S/C11H20O3/c1-4-9(3)10(12)14-8-11(5-2)6-13-7-11/h9H,4-8H2,1-3H3. The van der Waals surface area contributed by atoms with E-state index in [0.717, 1.165) is 26.1 Å². The summed E-state index contributed by atoms with van der Waals surface area (Å²) >= 11 is 0. The van der Waals surface area contributed by atoms with Crippen LogP contribution in [-0.4, -0.2) is 25.8 Å². The summed E-state index contributed by atoms with van der Waals surface area (Å²) in [6.07, 6.45) is 1.86. The Bertz CT molecular complexity index is 191. The fourth-order valence-corrected chi connectivity index (χ4v) is 1.31. The lowest BCUT2D eigenvalue weighted by Crippen LogP contribution is -2.46. The summed E-state index contributed by atoms with van der Waals surface area (Å²) in [6.45, 7) is 7.99. The van der Waals surface area contributed by atoms with Gasteiger partial charge in [-0.05, 0) is 12.8 Å². The third kappa shape index (κ3) is 2.47. The molecule has 0 radical (unpaired) electrons. The molecule has 3 heteroatoms. The van der Waals surface area contributed by atoms with Gasteiger partial charge in [0.15, 0.2) is 0 Å². The minimum atomic E-state index is -0.0766. The Balaban J connectivity index is 2.28. The van der Waals surface area contributed by atoms with Crippen molar-refractivity contribution in [2.24, 2.45) is 11.3 Å². The van der Waals surface area contributed by atoms with Crippen LogP contribution in [0.25, 0.3) is 0 Å². The molecule has 0 amide bonds. The Morgan fingerprint density at radius 2 is 2.14 bits per heavy atom. The van der Waals surface area contributed by atoms with Gasteiger partial charge in [0.2, 0.25) is 0 Å². The molecule has 0 aromatic carbocycles. The number of carbonyl (C=O) groups is 1. The molecular formula is C11H20O3. The first-order valence-electron chi connectivity index (χ1n) is 5.38. The van der Waals surface area contributed by atoms with Crippen LogP contribution in [0.3, 0.4) is 0 Å². The zero-order chi connectivity index (χ0) is 10.6. The van der Waals surface area contributed by atoms with Crippen LogP contribution in [0.2, 0.25) is 0 Å². The second-order valence-corrected chi connectivity index (χ2v) is 4.26. The van der Waals surface area contributed by atoms with E-state index in [-0.39, 0.29) is 17.3 Å². The molecule has 0 aliphatic carbocycles. The highest BCUT2D eigenvalue weighted by atomic mass is 16.5. The van der Waals surface area contributed by atoms with Gasteiger partial charge in [-0.25, -0.2) is 0 Å². The summed E-state index contributed by atoms with van der Waals surface area (Å²) in [5.74, 6) is -0.0582. The van der Waals surface area contributed by atoms with E-state index in [4.69, 9.17) is 9.47 Å². The third-order valence-electron chi connectivity index (χ3n) is 3.10. The van der Waals surface area contributed by atoms with E-state index >= 15 is 0 Å². The predicted octanol–water partition coefficient (Wildman–Crippen LogP) is 2.00. The van der Waals surface area contributed by atoms with Crippen LogP contribution >= 0.6 is 0 Å². The fraction of sp³-hybridized carbons (Fsp3) is 0.909. The molecule has 1 fully saturated rings. The van der Waals surface area contributed by atoms with Crippen molar-refractivity contribution < 1.29 is 14.3 Å². The molecule has 1 heterocycles. The Hall–Kier alpha value is -0.570. The van der Waals surface area contributed by atoms with Crippen LogP contribution in [0, 0.1) is 11.3 Å². The van der Waals surface area contributed by atoms with E-state index in [1.807, 2.05) is 13.8 Å². The number of ether oxygens (including phenoxy) is 2. The fourth-order valence-electron chi connectivity index (χ4n) is 1.31. The molecule has 0 bridgehead atoms. The Kier molecular flexibility index (Phi) is 3.93. The molecule has 1 aliphatic heterocycles. The molecule has 0 saturated carbocycles. The number of rotatable bonds is 5. The van der Waals surface area contributed by atoms with Crippen LogP contribution in [0.15, 0.2) is 0 Å². The average molecular weight is 200 g/mol. The molecule has 0 spiro atoms. The van der Waals surface area contributed by atoms with E-state index in [1.165, 1.54) is 0 Å². The molecule has 0 aromatic heterocycles. The third-order valence-corrected chi connectivity index (χ3v) is 3.10. The molecule has 14 heavy (non-hydrogen) atoms. The van der Waals surface area contributed by atoms with Crippen molar-refractivity contribution in [2.45, 2.75) is 33.6 Å². The molecular weight excluding hydrogens is 180 g/mol. The van der Waals surface area contributed by atoms with Crippen molar-refractivity contribution in [3.05, 3.63) is 0 Å². The zero-order valence-corrected chi connectivity index (χ0v) is 9.34. The first-order valence-corrected chi connectivity index (χ1v) is 5.38. The first-order chi connectivity index (χ1) is 6.63. The summed E-state index contributed by atoms with van der Waals surface area (Å²) in [4.78, 5) is 11.4. The Morgan fingerprint density at radius 3 is 2.50 bits per heavy atom. The maximum atomic E-state index is 11.4. The van der Waals surface area contributed by atoms with Crippen LogP contribution in [0.1, 0.15) is 33.6 Å². The molecule has 1 aliphatic rings. The number of esters is 1. The van der Waals surface area contributed by atoms with E-state index in [2.05, 4.69) is 6.92 Å². The molecule has 82 valence electrons. The normalized spacial score (nSPS) is 21.1. The summed E-state index contributed by atoms with van der Waals surface area (Å²) in [6, 6.07) is 0. The zero-order valence-electron chi connectivity index (χ0n) is 9.34. The topological polar surface area (TPSA) is 35.5 Å². The van der Waals surface area contributed by atoms with Gasteiger partial charge in [0.05, 0.1) is 24.5 Å². The second-order valence-electron chi connectivity index (χ2n) is 4.26. The SMILES string of the molecule is CCC(C)C(=O)OCC1(CC)COC1. The molecule has 1 unspecified atom stereocenters. The Labute approximate surface area is 85.8 Å². The number of hydrogen-bond acceptors (Lipinski definition) is 3. The molecule has 1 rings (SSSR count). The number of hydrogen-bond donors (Lipinski definition) is 0. The van der Waals surface area contributed by atoms with Gasteiger partial charge in [0.25, 0.3) is 0 Å². The maximum absolute atomic E-state index is 11.4. The van der Waals surface area contributed by atoms with Crippen molar-refractivity contribution >= 4 is 5.97 Å². The van der Waals surface area contributed by atoms with Gasteiger partial charge < -0.3 is 9.47 Å². The van der Waals surface area contributed by atoms with E-state index in [9.17, 15) is 4.79 Å². The lowest BCUT2D eigenvalue weighted by atomic mass is 9.84. The van der Waals surface area contributed by atoms with Crippen LogP contribution in [0.5, 0.6) is 0 Å². The lowest BCUT2D eigenvalue weighted by Gasteiger charge is -2.40. The van der Waals surface area contributed by atoms with E-state index < -0.39 is 0 Å². The van der Waals surface area contributed by atoms with Crippen LogP contribution in [0.4, 0.5) is 0 Å². The van der Waals surface area contributed by atoms with Gasteiger partial charge in [-0.15, -0.1) is 0 Å². The van der Waals surface area contributed by atoms with Crippen LogP contribution in [-0.2, 0) is 14.3 Å². The van der Waals surface area contributed by atoms with Crippen molar-refractivity contribution in [1.29, 1.82) is 0 Å². The Morgan fingerprint density at radius 1 is 1.50 bits per heavy atom. The first kappa shape index (κ1) is 11.5. The van der Waals surface area contributed by atoms with Gasteiger partial charge in [-0.3, -0.25) is 4.79 Å². The highest BCUT2D eigenvalue weighted by Crippen LogP contribution is 2.31. The van der Waals surface area contributed by atoms with Gasteiger partial charge >= 0.3 is 5.97 Å². The minimum Gasteiger partial charge on any atom is -0.465 e. The maximum Gasteiger partial charge on any atom is 0.308 e. The van der Waals surface area contributed by atoms with Gasteiger partial charge in [0, 0.05) is 0 Å². The largest absolute Gasteiger partial charge is 0.465 e. The molecule has 0 aromatic rings. The van der Waals surface area contributed by atoms with E-state index in [0.29, 0.717) is 6.61 Å². The number of carbonyl (C=O) groups excluding carboxylic acids is 1. The highest BCUT2D eigenvalue weighted by molar-refractivity contribution is 5.71.